The number of rotatable bonds is 4. The topological polar surface area (TPSA) is 70.1 Å². The number of nitrogens with zero attached hydrogens (tertiary/aromatic N) is 2. The van der Waals surface area contributed by atoms with Crippen molar-refractivity contribution in [1.29, 1.82) is 0 Å². The molecule has 2 aromatic rings. The van der Waals surface area contributed by atoms with Gasteiger partial charge < -0.3 is 0 Å². The van der Waals surface area contributed by atoms with Crippen LogP contribution < -0.4 is 5.43 Å². The van der Waals surface area contributed by atoms with Crippen LogP contribution >= 0.6 is 0 Å². The third-order valence-corrected chi connectivity index (χ3v) is 3.67. The predicted molar refractivity (Wildman–Crippen MR) is 81.3 cm³/mol. The van der Waals surface area contributed by atoms with Gasteiger partial charge in [-0.25, -0.2) is 5.43 Å². The molecule has 0 unspecified atom stereocenters. The highest BCUT2D eigenvalue weighted by molar-refractivity contribution is 5.95. The number of aromatic nitrogens is 2. The minimum absolute atomic E-state index is 0.234. The van der Waals surface area contributed by atoms with Crippen LogP contribution in [0.5, 0.6) is 0 Å². The highest BCUT2D eigenvalue weighted by atomic mass is 16.2. The summed E-state index contributed by atoms with van der Waals surface area (Å²) in [5, 5.41) is 11.2. The highest BCUT2D eigenvalue weighted by Crippen LogP contribution is 2.22. The summed E-state index contributed by atoms with van der Waals surface area (Å²) in [5.74, 6) is -0.234. The number of carbonyl (C=O) groups is 1. The number of H-pyrrole nitrogens is 1. The minimum atomic E-state index is -0.234. The van der Waals surface area contributed by atoms with E-state index < -0.39 is 0 Å². The molecule has 1 amide bonds. The largest absolute Gasteiger partial charge is 0.292 e. The number of fused-ring (bicyclic) bond motifs is 1. The van der Waals surface area contributed by atoms with E-state index in [4.69, 9.17) is 0 Å². The van der Waals surface area contributed by atoms with Crippen LogP contribution in [0.25, 0.3) is 0 Å². The Morgan fingerprint density at radius 3 is 2.95 bits per heavy atom. The van der Waals surface area contributed by atoms with Gasteiger partial charge in [0, 0.05) is 23.4 Å². The molecule has 0 atom stereocenters. The fourth-order valence-electron chi connectivity index (χ4n) is 2.64. The van der Waals surface area contributed by atoms with Gasteiger partial charge in [-0.05, 0) is 31.7 Å². The zero-order chi connectivity index (χ0) is 14.7. The first-order valence-electron chi connectivity index (χ1n) is 7.17. The monoisotopic (exact) mass is 282 g/mol. The summed E-state index contributed by atoms with van der Waals surface area (Å²) in [6.07, 6.45) is 3.70. The van der Waals surface area contributed by atoms with E-state index in [1.807, 2.05) is 37.3 Å². The van der Waals surface area contributed by atoms with Gasteiger partial charge in [-0.2, -0.15) is 10.2 Å². The molecule has 108 valence electrons. The van der Waals surface area contributed by atoms with Gasteiger partial charge in [0.25, 0.3) is 5.91 Å². The molecule has 5 nitrogen and oxygen atoms in total. The van der Waals surface area contributed by atoms with Crippen molar-refractivity contribution >= 4 is 11.6 Å². The Balaban J connectivity index is 1.63. The maximum absolute atomic E-state index is 12.1. The smallest absolute Gasteiger partial charge is 0.281 e. The maximum Gasteiger partial charge on any atom is 0.292 e. The number of carbonyl (C=O) groups excluding carboxylic acids is 1. The van der Waals surface area contributed by atoms with Gasteiger partial charge >= 0.3 is 0 Å². The second-order valence-electron chi connectivity index (χ2n) is 5.33. The van der Waals surface area contributed by atoms with Crippen molar-refractivity contribution < 1.29 is 4.79 Å². The molecule has 1 aliphatic rings. The zero-order valence-electron chi connectivity index (χ0n) is 12.0. The molecule has 0 radical (unpaired) electrons. The number of amides is 1. The summed E-state index contributed by atoms with van der Waals surface area (Å²) < 4.78 is 0. The van der Waals surface area contributed by atoms with Crippen LogP contribution in [0.15, 0.2) is 35.4 Å². The van der Waals surface area contributed by atoms with Crippen LogP contribution in [-0.2, 0) is 19.3 Å². The molecular weight excluding hydrogens is 264 g/mol. The summed E-state index contributed by atoms with van der Waals surface area (Å²) in [7, 11) is 0. The molecule has 1 aromatic carbocycles. The molecule has 0 fully saturated rings. The molecule has 1 heterocycles. The molecule has 5 heteroatoms. The molecule has 21 heavy (non-hydrogen) atoms. The minimum Gasteiger partial charge on any atom is -0.281 e. The number of hydrogen-bond donors (Lipinski definition) is 2. The maximum atomic E-state index is 12.1. The first kappa shape index (κ1) is 13.5. The van der Waals surface area contributed by atoms with Crippen molar-refractivity contribution in [2.75, 3.05) is 0 Å². The molecule has 1 aromatic heterocycles. The van der Waals surface area contributed by atoms with Crippen LogP contribution in [0.3, 0.4) is 0 Å². The van der Waals surface area contributed by atoms with Gasteiger partial charge in [-0.3, -0.25) is 9.89 Å². The summed E-state index contributed by atoms with van der Waals surface area (Å²) in [6, 6.07) is 10.1. The van der Waals surface area contributed by atoms with Crippen LogP contribution in [0.4, 0.5) is 0 Å². The molecule has 3 rings (SSSR count). The van der Waals surface area contributed by atoms with Gasteiger partial charge in [0.05, 0.1) is 0 Å². The Bertz CT molecular complexity index is 673. The second-order valence-corrected chi connectivity index (χ2v) is 5.33. The lowest BCUT2D eigenvalue weighted by molar-refractivity contribution is 0.0949. The number of aryl methyl sites for hydroxylation is 1. The lowest BCUT2D eigenvalue weighted by Gasteiger charge is -2.02. The third-order valence-electron chi connectivity index (χ3n) is 3.67. The van der Waals surface area contributed by atoms with E-state index in [1.165, 1.54) is 5.56 Å². The number of benzene rings is 1. The summed E-state index contributed by atoms with van der Waals surface area (Å²) in [4.78, 5) is 12.1. The van der Waals surface area contributed by atoms with E-state index >= 15 is 0 Å². The average molecular weight is 282 g/mol. The van der Waals surface area contributed by atoms with Crippen LogP contribution in [0.1, 0.15) is 40.7 Å². The van der Waals surface area contributed by atoms with Crippen molar-refractivity contribution in [1.82, 2.24) is 15.6 Å². The molecule has 0 aliphatic heterocycles. The van der Waals surface area contributed by atoms with E-state index in [9.17, 15) is 4.79 Å². The van der Waals surface area contributed by atoms with E-state index in [2.05, 4.69) is 20.7 Å². The first-order valence-corrected chi connectivity index (χ1v) is 7.17. The van der Waals surface area contributed by atoms with Crippen molar-refractivity contribution in [2.45, 2.75) is 32.6 Å². The molecule has 0 spiro atoms. The average Bonchev–Trinajstić information content (AvgIpc) is 3.08. The number of hydrogen-bond acceptors (Lipinski definition) is 3. The van der Waals surface area contributed by atoms with E-state index in [1.54, 1.807) is 0 Å². The number of hydrazone groups is 1. The van der Waals surface area contributed by atoms with E-state index in [0.717, 1.165) is 42.7 Å². The Morgan fingerprint density at radius 1 is 1.33 bits per heavy atom. The van der Waals surface area contributed by atoms with Gasteiger partial charge in [0.15, 0.2) is 5.69 Å². The van der Waals surface area contributed by atoms with E-state index in [0.29, 0.717) is 5.69 Å². The molecule has 0 bridgehead atoms. The molecule has 2 N–H and O–H groups in total. The highest BCUT2D eigenvalue weighted by Gasteiger charge is 2.22. The van der Waals surface area contributed by atoms with Gasteiger partial charge in [0.2, 0.25) is 0 Å². The molecule has 0 saturated heterocycles. The molecular formula is C16H18N4O. The SMILES string of the molecule is CC(Cc1ccccc1)=NNC(=O)c1n[nH]c2c1CCC2. The number of aromatic amines is 1. The summed E-state index contributed by atoms with van der Waals surface area (Å²) in [6.45, 7) is 1.91. The zero-order valence-corrected chi connectivity index (χ0v) is 12.0. The normalized spacial score (nSPS) is 14.0. The van der Waals surface area contributed by atoms with Gasteiger partial charge in [-0.1, -0.05) is 30.3 Å². The lowest BCUT2D eigenvalue weighted by Crippen LogP contribution is -2.21. The third kappa shape index (κ3) is 3.02. The van der Waals surface area contributed by atoms with Crippen molar-refractivity contribution in [3.63, 3.8) is 0 Å². The summed E-state index contributed by atoms with van der Waals surface area (Å²) in [5.41, 5.74) is 7.26. The molecule has 1 aliphatic carbocycles. The van der Waals surface area contributed by atoms with Crippen LogP contribution in [-0.4, -0.2) is 21.8 Å². The van der Waals surface area contributed by atoms with Crippen molar-refractivity contribution in [2.24, 2.45) is 5.10 Å². The standard InChI is InChI=1S/C16H18N4O/c1-11(10-12-6-3-2-4-7-12)17-20-16(21)15-13-8-5-9-14(13)18-19-15/h2-4,6-7H,5,8-10H2,1H3,(H,18,19)(H,20,21). The Labute approximate surface area is 123 Å². The quantitative estimate of drug-likeness (QED) is 0.667. The van der Waals surface area contributed by atoms with Crippen molar-refractivity contribution in [3.05, 3.63) is 52.8 Å². The fourth-order valence-corrected chi connectivity index (χ4v) is 2.64. The Hall–Kier alpha value is -2.43. The Morgan fingerprint density at radius 2 is 2.14 bits per heavy atom. The van der Waals surface area contributed by atoms with Gasteiger partial charge in [0.1, 0.15) is 0 Å². The van der Waals surface area contributed by atoms with Crippen LogP contribution in [0, 0.1) is 0 Å². The fraction of sp³-hybridized carbons (Fsp3) is 0.312. The van der Waals surface area contributed by atoms with Crippen LogP contribution in [0.2, 0.25) is 0 Å². The van der Waals surface area contributed by atoms with E-state index in [-0.39, 0.29) is 5.91 Å². The first-order chi connectivity index (χ1) is 10.2. The Kier molecular flexibility index (Phi) is 3.81. The molecule has 0 saturated carbocycles. The lowest BCUT2D eigenvalue weighted by atomic mass is 10.1. The van der Waals surface area contributed by atoms with Crippen molar-refractivity contribution in [3.8, 4) is 0 Å². The number of nitrogens with one attached hydrogen (secondary N) is 2. The predicted octanol–water partition coefficient (Wildman–Crippen LogP) is 2.25. The van der Waals surface area contributed by atoms with Gasteiger partial charge in [-0.15, -0.1) is 0 Å². The second kappa shape index (κ2) is 5.91. The summed E-state index contributed by atoms with van der Waals surface area (Å²) >= 11 is 0.